The van der Waals surface area contributed by atoms with Crippen molar-refractivity contribution in [2.24, 2.45) is 4.99 Å². The third kappa shape index (κ3) is 3.84. The number of hydrogen-bond acceptors (Lipinski definition) is 5. The van der Waals surface area contributed by atoms with Crippen molar-refractivity contribution in [3.8, 4) is 0 Å². The zero-order valence-corrected chi connectivity index (χ0v) is 13.9. The van der Waals surface area contributed by atoms with Crippen LogP contribution in [0.15, 0.2) is 35.3 Å². The Bertz CT molecular complexity index is 556. The normalized spacial score (nSPS) is 30.2. The van der Waals surface area contributed by atoms with Crippen molar-refractivity contribution in [2.45, 2.75) is 43.1 Å². The zero-order chi connectivity index (χ0) is 16.4. The molecule has 23 heavy (non-hydrogen) atoms. The summed E-state index contributed by atoms with van der Waals surface area (Å²) in [4.78, 5) is 6.44. The van der Waals surface area contributed by atoms with Crippen molar-refractivity contribution in [1.29, 1.82) is 0 Å². The van der Waals surface area contributed by atoms with Crippen molar-refractivity contribution in [3.05, 3.63) is 35.9 Å². The molecule has 2 heterocycles. The summed E-state index contributed by atoms with van der Waals surface area (Å²) in [6, 6.07) is 9.41. The summed E-state index contributed by atoms with van der Waals surface area (Å²) in [6.45, 7) is 0.298. The second-order valence-corrected chi connectivity index (χ2v) is 6.93. The quantitative estimate of drug-likeness (QED) is 0.842. The molecule has 3 rings (SSSR count). The number of nitrogens with zero attached hydrogens (tertiary/aromatic N) is 2. The minimum atomic E-state index is -2.57. The number of halogens is 2. The number of thioether (sulfide) groups is 1. The van der Waals surface area contributed by atoms with E-state index in [-0.39, 0.29) is 11.5 Å². The first-order chi connectivity index (χ1) is 11.0. The second kappa shape index (κ2) is 7.15. The lowest BCUT2D eigenvalue weighted by molar-refractivity contribution is -0.173. The number of amidine groups is 1. The molecule has 0 spiro atoms. The van der Waals surface area contributed by atoms with E-state index in [1.165, 1.54) is 11.8 Å². The van der Waals surface area contributed by atoms with Crippen molar-refractivity contribution < 1.29 is 18.3 Å². The molecular formula is C16H20F2N2O2S. The molecule has 1 aromatic carbocycles. The molecule has 7 heteroatoms. The minimum Gasteiger partial charge on any atom is -0.371 e. The van der Waals surface area contributed by atoms with Gasteiger partial charge in [0.15, 0.2) is 5.17 Å². The van der Waals surface area contributed by atoms with Gasteiger partial charge < -0.3 is 14.4 Å². The molecule has 0 aromatic heterocycles. The first kappa shape index (κ1) is 16.7. The van der Waals surface area contributed by atoms with Crippen molar-refractivity contribution in [2.75, 3.05) is 14.1 Å². The van der Waals surface area contributed by atoms with Gasteiger partial charge in [-0.05, 0) is 5.56 Å². The lowest BCUT2D eigenvalue weighted by Crippen LogP contribution is -2.48. The summed E-state index contributed by atoms with van der Waals surface area (Å²) in [5.41, 5.74) is 0.615. The highest BCUT2D eigenvalue weighted by Gasteiger charge is 2.46. The molecule has 0 N–H and O–H groups in total. The van der Waals surface area contributed by atoms with Gasteiger partial charge in [0.1, 0.15) is 11.5 Å². The lowest BCUT2D eigenvalue weighted by atomic mass is 10.0. The molecular weight excluding hydrogens is 322 g/mol. The number of alkyl halides is 2. The zero-order valence-electron chi connectivity index (χ0n) is 13.1. The summed E-state index contributed by atoms with van der Waals surface area (Å²) < 4.78 is 38.0. The van der Waals surface area contributed by atoms with Gasteiger partial charge in [0.05, 0.1) is 18.8 Å². The number of ether oxygens (including phenoxy) is 2. The molecule has 4 atom stereocenters. The highest BCUT2D eigenvalue weighted by molar-refractivity contribution is 8.14. The number of rotatable bonds is 4. The van der Waals surface area contributed by atoms with E-state index in [0.29, 0.717) is 13.0 Å². The maximum atomic E-state index is 13.3. The van der Waals surface area contributed by atoms with Crippen LogP contribution >= 0.6 is 11.8 Å². The van der Waals surface area contributed by atoms with Crippen LogP contribution in [0.3, 0.4) is 0 Å². The number of hydrogen-bond donors (Lipinski definition) is 0. The third-order valence-electron chi connectivity index (χ3n) is 3.88. The maximum absolute atomic E-state index is 13.3. The third-order valence-corrected chi connectivity index (χ3v) is 5.22. The molecule has 2 aliphatic rings. The van der Waals surface area contributed by atoms with Crippen molar-refractivity contribution in [1.82, 2.24) is 4.90 Å². The van der Waals surface area contributed by atoms with Crippen molar-refractivity contribution in [3.63, 3.8) is 0 Å². The molecule has 0 bridgehead atoms. The van der Waals surface area contributed by atoms with Crippen LogP contribution in [0.5, 0.6) is 0 Å². The Kier molecular flexibility index (Phi) is 5.18. The van der Waals surface area contributed by atoms with Crippen molar-refractivity contribution >= 4 is 16.9 Å². The highest BCUT2D eigenvalue weighted by Crippen LogP contribution is 2.39. The van der Waals surface area contributed by atoms with E-state index < -0.39 is 18.6 Å². The van der Waals surface area contributed by atoms with Crippen LogP contribution in [0.25, 0.3) is 0 Å². The van der Waals surface area contributed by atoms with Crippen LogP contribution in [0, 0.1) is 0 Å². The molecule has 2 aliphatic heterocycles. The molecule has 126 valence electrons. The molecule has 1 saturated heterocycles. The molecule has 1 fully saturated rings. The predicted octanol–water partition coefficient (Wildman–Crippen LogP) is 2.98. The van der Waals surface area contributed by atoms with E-state index in [0.717, 1.165) is 10.7 Å². The van der Waals surface area contributed by atoms with Gasteiger partial charge in [-0.1, -0.05) is 42.1 Å². The van der Waals surface area contributed by atoms with Gasteiger partial charge in [-0.25, -0.2) is 8.78 Å². The fourth-order valence-corrected chi connectivity index (χ4v) is 3.82. The van der Waals surface area contributed by atoms with E-state index in [2.05, 4.69) is 4.99 Å². The smallest absolute Gasteiger partial charge is 0.266 e. The van der Waals surface area contributed by atoms with E-state index in [1.54, 1.807) is 0 Å². The maximum Gasteiger partial charge on any atom is 0.266 e. The molecule has 4 nitrogen and oxygen atoms in total. The Morgan fingerprint density at radius 2 is 2.09 bits per heavy atom. The van der Waals surface area contributed by atoms with Gasteiger partial charge in [0.2, 0.25) is 0 Å². The molecule has 0 amide bonds. The molecule has 0 aliphatic carbocycles. The van der Waals surface area contributed by atoms with E-state index in [1.807, 2.05) is 49.3 Å². The number of benzene rings is 1. The van der Waals surface area contributed by atoms with Crippen LogP contribution in [0.4, 0.5) is 8.78 Å². The largest absolute Gasteiger partial charge is 0.371 e. The van der Waals surface area contributed by atoms with E-state index in [9.17, 15) is 8.78 Å². The highest BCUT2D eigenvalue weighted by atomic mass is 32.2. The summed E-state index contributed by atoms with van der Waals surface area (Å²) in [5, 5.41) is 0.816. The van der Waals surface area contributed by atoms with Gasteiger partial charge >= 0.3 is 0 Å². The van der Waals surface area contributed by atoms with Gasteiger partial charge in [-0.3, -0.25) is 4.99 Å². The Morgan fingerprint density at radius 3 is 2.74 bits per heavy atom. The standard InChI is InChI=1S/C16H20F2N2O2S/c1-20(2)16-19-11-8-12(13(14(17)18)22-15(11)23-16)21-9-10-6-4-3-5-7-10/h3-7,11-15H,8-9H2,1-2H3. The first-order valence-corrected chi connectivity index (χ1v) is 8.43. The average Bonchev–Trinajstić information content (AvgIpc) is 2.96. The van der Waals surface area contributed by atoms with Crippen LogP contribution in [-0.2, 0) is 16.1 Å². The van der Waals surface area contributed by atoms with Gasteiger partial charge in [0, 0.05) is 20.5 Å². The average molecular weight is 342 g/mol. The molecule has 1 aromatic rings. The van der Waals surface area contributed by atoms with Crippen LogP contribution in [0.2, 0.25) is 0 Å². The van der Waals surface area contributed by atoms with E-state index in [4.69, 9.17) is 9.47 Å². The Hall–Kier alpha value is -1.18. The SMILES string of the molecule is CN(C)C1=NC2CC(OCc3ccccc3)C(C(F)F)OC2S1. The van der Waals surface area contributed by atoms with Gasteiger partial charge in [-0.2, -0.15) is 0 Å². The summed E-state index contributed by atoms with van der Waals surface area (Å²) in [7, 11) is 3.77. The topological polar surface area (TPSA) is 34.1 Å². The number of aliphatic imine (C=N–C) groups is 1. The fraction of sp³-hybridized carbons (Fsp3) is 0.562. The van der Waals surface area contributed by atoms with Crippen LogP contribution in [-0.4, -0.2) is 54.3 Å². The van der Waals surface area contributed by atoms with Gasteiger partial charge in [0.25, 0.3) is 6.43 Å². The first-order valence-electron chi connectivity index (χ1n) is 7.55. The molecule has 0 radical (unpaired) electrons. The summed E-state index contributed by atoms with van der Waals surface area (Å²) in [5.74, 6) is 0. The predicted molar refractivity (Wildman–Crippen MR) is 86.8 cm³/mol. The minimum absolute atomic E-state index is 0.131. The lowest BCUT2D eigenvalue weighted by Gasteiger charge is -2.36. The Balaban J connectivity index is 1.67. The van der Waals surface area contributed by atoms with Crippen LogP contribution < -0.4 is 0 Å². The van der Waals surface area contributed by atoms with Gasteiger partial charge in [-0.15, -0.1) is 0 Å². The second-order valence-electron chi connectivity index (χ2n) is 5.87. The van der Waals surface area contributed by atoms with E-state index >= 15 is 0 Å². The summed E-state index contributed by atoms with van der Waals surface area (Å²) >= 11 is 1.41. The molecule has 0 saturated carbocycles. The molecule has 4 unspecified atom stereocenters. The monoisotopic (exact) mass is 342 g/mol. The fourth-order valence-electron chi connectivity index (χ4n) is 2.70. The Morgan fingerprint density at radius 1 is 1.35 bits per heavy atom. The summed E-state index contributed by atoms with van der Waals surface area (Å²) in [6.07, 6.45) is -3.97. The number of fused-ring (bicyclic) bond motifs is 1. The van der Waals surface area contributed by atoms with Crippen LogP contribution in [0.1, 0.15) is 12.0 Å². The Labute approximate surface area is 138 Å².